The average molecular weight is 378 g/mol. The fraction of sp³-hybridized carbons (Fsp3) is 0.222. The molecule has 2 aromatic carbocycles. The van der Waals surface area contributed by atoms with Crippen LogP contribution in [0.1, 0.15) is 6.92 Å². The van der Waals surface area contributed by atoms with Gasteiger partial charge in [-0.05, 0) is 43.3 Å². The summed E-state index contributed by atoms with van der Waals surface area (Å²) in [6.45, 7) is 1.55. The van der Waals surface area contributed by atoms with Crippen LogP contribution in [-0.4, -0.2) is 31.6 Å². The number of rotatable bonds is 7. The van der Waals surface area contributed by atoms with Crippen LogP contribution in [0.2, 0.25) is 5.02 Å². The molecule has 0 aliphatic heterocycles. The van der Waals surface area contributed by atoms with Crippen LogP contribution in [0.15, 0.2) is 48.5 Å². The van der Waals surface area contributed by atoms with Gasteiger partial charge in [0, 0.05) is 5.69 Å². The SMILES string of the molecule is COc1ccc(NCC(=O)NNC(=O)C(C)Oc2ccccc2Cl)cc1. The maximum absolute atomic E-state index is 12.0. The van der Waals surface area contributed by atoms with Gasteiger partial charge in [0.05, 0.1) is 18.7 Å². The van der Waals surface area contributed by atoms with E-state index in [9.17, 15) is 9.59 Å². The number of nitrogens with one attached hydrogen (secondary N) is 3. The Kier molecular flexibility index (Phi) is 7.11. The summed E-state index contributed by atoms with van der Waals surface area (Å²) < 4.78 is 10.5. The first-order chi connectivity index (χ1) is 12.5. The van der Waals surface area contributed by atoms with Crippen molar-refractivity contribution in [2.24, 2.45) is 0 Å². The van der Waals surface area contributed by atoms with Crippen molar-refractivity contribution in [2.45, 2.75) is 13.0 Å². The Morgan fingerprint density at radius 2 is 1.77 bits per heavy atom. The zero-order valence-electron chi connectivity index (χ0n) is 14.4. The van der Waals surface area contributed by atoms with E-state index < -0.39 is 17.9 Å². The predicted molar refractivity (Wildman–Crippen MR) is 99.3 cm³/mol. The number of carbonyl (C=O) groups excluding carboxylic acids is 2. The van der Waals surface area contributed by atoms with Crippen molar-refractivity contribution in [3.63, 3.8) is 0 Å². The predicted octanol–water partition coefficient (Wildman–Crippen LogP) is 2.38. The van der Waals surface area contributed by atoms with Crippen LogP contribution in [0.3, 0.4) is 0 Å². The molecule has 0 aromatic heterocycles. The van der Waals surface area contributed by atoms with E-state index in [4.69, 9.17) is 21.1 Å². The Morgan fingerprint density at radius 3 is 2.42 bits per heavy atom. The molecule has 8 heteroatoms. The molecule has 0 radical (unpaired) electrons. The molecule has 0 aliphatic rings. The monoisotopic (exact) mass is 377 g/mol. The third-order valence-corrected chi connectivity index (χ3v) is 3.69. The zero-order chi connectivity index (χ0) is 18.9. The molecule has 7 nitrogen and oxygen atoms in total. The summed E-state index contributed by atoms with van der Waals surface area (Å²) in [6, 6.07) is 13.9. The Morgan fingerprint density at radius 1 is 1.08 bits per heavy atom. The van der Waals surface area contributed by atoms with E-state index >= 15 is 0 Å². The molecule has 138 valence electrons. The lowest BCUT2D eigenvalue weighted by molar-refractivity contribution is -0.132. The average Bonchev–Trinajstić information content (AvgIpc) is 2.66. The van der Waals surface area contributed by atoms with Gasteiger partial charge in [-0.15, -0.1) is 0 Å². The van der Waals surface area contributed by atoms with Gasteiger partial charge in [0.25, 0.3) is 11.8 Å². The first-order valence-corrected chi connectivity index (χ1v) is 8.25. The highest BCUT2D eigenvalue weighted by Crippen LogP contribution is 2.24. The standard InChI is InChI=1S/C18H20ClN3O4/c1-12(26-16-6-4-3-5-15(16)19)18(24)22-21-17(23)11-20-13-7-9-14(25-2)10-8-13/h3-10,12,20H,11H2,1-2H3,(H,21,23)(H,22,24). The Labute approximate surface area is 156 Å². The lowest BCUT2D eigenvalue weighted by Gasteiger charge is -2.16. The van der Waals surface area contributed by atoms with Crippen molar-refractivity contribution in [3.05, 3.63) is 53.6 Å². The maximum atomic E-state index is 12.0. The van der Waals surface area contributed by atoms with Gasteiger partial charge >= 0.3 is 0 Å². The fourth-order valence-electron chi connectivity index (χ4n) is 1.95. The van der Waals surface area contributed by atoms with Gasteiger partial charge in [0.15, 0.2) is 6.10 Å². The van der Waals surface area contributed by atoms with Crippen molar-refractivity contribution in [1.29, 1.82) is 0 Å². The van der Waals surface area contributed by atoms with E-state index in [2.05, 4.69) is 16.2 Å². The number of hydrogen-bond acceptors (Lipinski definition) is 5. The van der Waals surface area contributed by atoms with Crippen LogP contribution >= 0.6 is 11.6 Å². The number of para-hydroxylation sites is 1. The number of methoxy groups -OCH3 is 1. The Hall–Kier alpha value is -2.93. The van der Waals surface area contributed by atoms with Gasteiger partial charge in [-0.3, -0.25) is 20.4 Å². The minimum absolute atomic E-state index is 0.00758. The maximum Gasteiger partial charge on any atom is 0.279 e. The van der Waals surface area contributed by atoms with E-state index in [1.807, 2.05) is 0 Å². The van der Waals surface area contributed by atoms with Gasteiger partial charge in [0.1, 0.15) is 11.5 Å². The van der Waals surface area contributed by atoms with Crippen molar-refractivity contribution < 1.29 is 19.1 Å². The van der Waals surface area contributed by atoms with Crippen molar-refractivity contribution >= 4 is 29.1 Å². The van der Waals surface area contributed by atoms with E-state index in [0.29, 0.717) is 10.8 Å². The topological polar surface area (TPSA) is 88.7 Å². The molecule has 0 fully saturated rings. The first kappa shape index (κ1) is 19.4. The molecule has 0 aliphatic carbocycles. The Balaban J connectivity index is 1.73. The third kappa shape index (κ3) is 5.86. The molecule has 0 saturated heterocycles. The van der Waals surface area contributed by atoms with Crippen LogP contribution in [0.25, 0.3) is 0 Å². The molecule has 0 heterocycles. The number of halogens is 1. The normalized spacial score (nSPS) is 11.2. The minimum Gasteiger partial charge on any atom is -0.497 e. The van der Waals surface area contributed by atoms with Crippen molar-refractivity contribution in [2.75, 3.05) is 19.0 Å². The van der Waals surface area contributed by atoms with Crippen molar-refractivity contribution in [3.8, 4) is 11.5 Å². The molecule has 3 N–H and O–H groups in total. The van der Waals surface area contributed by atoms with Gasteiger partial charge in [-0.2, -0.15) is 0 Å². The molecule has 2 amide bonds. The van der Waals surface area contributed by atoms with Gasteiger partial charge in [-0.1, -0.05) is 23.7 Å². The van der Waals surface area contributed by atoms with Crippen molar-refractivity contribution in [1.82, 2.24) is 10.9 Å². The minimum atomic E-state index is -0.829. The summed E-state index contributed by atoms with van der Waals surface area (Å²) in [5.74, 6) is 0.214. The van der Waals surface area contributed by atoms with Gasteiger partial charge in [0.2, 0.25) is 0 Å². The summed E-state index contributed by atoms with van der Waals surface area (Å²) >= 11 is 5.98. The number of hydrazine groups is 1. The molecule has 0 spiro atoms. The number of benzene rings is 2. The molecule has 2 aromatic rings. The van der Waals surface area contributed by atoms with Crippen LogP contribution in [0, 0.1) is 0 Å². The number of anilines is 1. The first-order valence-electron chi connectivity index (χ1n) is 7.87. The second kappa shape index (κ2) is 9.53. The van der Waals surface area contributed by atoms with Crippen LogP contribution in [0.5, 0.6) is 11.5 Å². The van der Waals surface area contributed by atoms with E-state index in [0.717, 1.165) is 11.4 Å². The second-order valence-corrected chi connectivity index (χ2v) is 5.72. The summed E-state index contributed by atoms with van der Waals surface area (Å²) in [7, 11) is 1.58. The van der Waals surface area contributed by atoms with Gasteiger partial charge < -0.3 is 14.8 Å². The van der Waals surface area contributed by atoms with E-state index in [1.54, 1.807) is 62.6 Å². The van der Waals surface area contributed by atoms with Crippen LogP contribution in [0.4, 0.5) is 5.69 Å². The number of amides is 2. The molecule has 26 heavy (non-hydrogen) atoms. The summed E-state index contributed by atoms with van der Waals surface area (Å²) in [5.41, 5.74) is 5.38. The third-order valence-electron chi connectivity index (χ3n) is 3.38. The smallest absolute Gasteiger partial charge is 0.279 e. The Bertz CT molecular complexity index is 752. The van der Waals surface area contributed by atoms with E-state index in [-0.39, 0.29) is 6.54 Å². The fourth-order valence-corrected chi connectivity index (χ4v) is 2.13. The van der Waals surface area contributed by atoms with Crippen LogP contribution < -0.4 is 25.6 Å². The molecule has 0 saturated carbocycles. The zero-order valence-corrected chi connectivity index (χ0v) is 15.2. The number of carbonyl (C=O) groups is 2. The molecular weight excluding hydrogens is 358 g/mol. The lowest BCUT2D eigenvalue weighted by Crippen LogP contribution is -2.48. The molecule has 1 unspecified atom stereocenters. The quantitative estimate of drug-likeness (QED) is 0.645. The molecular formula is C18H20ClN3O4. The molecule has 0 bridgehead atoms. The highest BCUT2D eigenvalue weighted by molar-refractivity contribution is 6.32. The van der Waals surface area contributed by atoms with Crippen LogP contribution in [-0.2, 0) is 9.59 Å². The highest BCUT2D eigenvalue weighted by Gasteiger charge is 2.16. The van der Waals surface area contributed by atoms with E-state index in [1.165, 1.54) is 0 Å². The summed E-state index contributed by atoms with van der Waals surface area (Å²) in [5, 5.41) is 3.33. The molecule has 2 rings (SSSR count). The molecule has 1 atom stereocenters. The lowest BCUT2D eigenvalue weighted by atomic mass is 10.3. The number of hydrogen-bond donors (Lipinski definition) is 3. The largest absolute Gasteiger partial charge is 0.497 e. The summed E-state index contributed by atoms with van der Waals surface area (Å²) in [4.78, 5) is 23.8. The number of ether oxygens (including phenoxy) is 2. The second-order valence-electron chi connectivity index (χ2n) is 5.31. The summed E-state index contributed by atoms with van der Waals surface area (Å²) in [6.07, 6.45) is -0.829. The highest BCUT2D eigenvalue weighted by atomic mass is 35.5. The van der Waals surface area contributed by atoms with Gasteiger partial charge in [-0.25, -0.2) is 0 Å².